The molecule has 7 heteroatoms. The maximum absolute atomic E-state index is 5.95. The Hall–Kier alpha value is -0.500. The highest BCUT2D eigenvalue weighted by Crippen LogP contribution is 2.26. The number of ether oxygens (including phenoxy) is 1. The number of hydrogen-bond acceptors (Lipinski definition) is 5. The Morgan fingerprint density at radius 1 is 1.04 bits per heavy atom. The molecule has 0 bridgehead atoms. The summed E-state index contributed by atoms with van der Waals surface area (Å²) in [5.41, 5.74) is 2.41. The van der Waals surface area contributed by atoms with Gasteiger partial charge in [-0.15, -0.1) is 0 Å². The van der Waals surface area contributed by atoms with Crippen molar-refractivity contribution in [1.82, 2.24) is 9.80 Å². The quantitative estimate of drug-likeness (QED) is 0.533. The lowest BCUT2D eigenvalue weighted by Gasteiger charge is -2.16. The molecule has 0 radical (unpaired) electrons. The van der Waals surface area contributed by atoms with Crippen LogP contribution in [0.1, 0.15) is 11.1 Å². The van der Waals surface area contributed by atoms with Crippen LogP contribution in [0.15, 0.2) is 18.2 Å². The van der Waals surface area contributed by atoms with Gasteiger partial charge in [0, 0.05) is 45.3 Å². The van der Waals surface area contributed by atoms with E-state index in [4.69, 9.17) is 29.2 Å². The Morgan fingerprint density at radius 3 is 2.26 bits per heavy atom. The maximum Gasteiger partial charge on any atom is 0.136 e. The lowest BCUT2D eigenvalue weighted by atomic mass is 10.1. The van der Waals surface area contributed by atoms with Crippen LogP contribution in [0.3, 0.4) is 0 Å². The molecule has 0 saturated carbocycles. The number of thioether (sulfide) groups is 2. The van der Waals surface area contributed by atoms with E-state index in [9.17, 15) is 0 Å². The van der Waals surface area contributed by atoms with E-state index in [-0.39, 0.29) is 0 Å². The Bertz CT molecular complexity index is 547. The van der Waals surface area contributed by atoms with Gasteiger partial charge in [-0.3, -0.25) is 0 Å². The number of thiocarbonyl (C=S) groups is 2. The zero-order chi connectivity index (χ0) is 17.4. The lowest BCUT2D eigenvalue weighted by Crippen LogP contribution is -2.17. The zero-order valence-electron chi connectivity index (χ0n) is 14.3. The van der Waals surface area contributed by atoms with Crippen molar-refractivity contribution in [3.8, 4) is 5.75 Å². The molecule has 0 N–H and O–H groups in total. The third-order valence-electron chi connectivity index (χ3n) is 2.86. The van der Waals surface area contributed by atoms with Gasteiger partial charge in [-0.05, 0) is 13.0 Å². The third kappa shape index (κ3) is 7.74. The molecule has 0 aromatic heterocycles. The van der Waals surface area contributed by atoms with Crippen LogP contribution in [0, 0.1) is 6.92 Å². The lowest BCUT2D eigenvalue weighted by molar-refractivity contribution is 0.341. The van der Waals surface area contributed by atoms with Gasteiger partial charge in [-0.25, -0.2) is 0 Å². The van der Waals surface area contributed by atoms with Crippen molar-refractivity contribution in [2.24, 2.45) is 0 Å². The van der Waals surface area contributed by atoms with Crippen LogP contribution in [0.5, 0.6) is 5.75 Å². The molecule has 0 heterocycles. The van der Waals surface area contributed by atoms with Crippen molar-refractivity contribution in [3.05, 3.63) is 29.3 Å². The average Bonchev–Trinajstić information content (AvgIpc) is 2.49. The van der Waals surface area contributed by atoms with Gasteiger partial charge in [0.05, 0.1) is 6.61 Å². The molecule has 0 saturated heterocycles. The molecular formula is C16H24N2OS4. The van der Waals surface area contributed by atoms with Crippen LogP contribution in [0.2, 0.25) is 0 Å². The van der Waals surface area contributed by atoms with E-state index in [1.165, 1.54) is 11.1 Å². The van der Waals surface area contributed by atoms with E-state index >= 15 is 0 Å². The highest BCUT2D eigenvalue weighted by molar-refractivity contribution is 8.23. The second-order valence-electron chi connectivity index (χ2n) is 5.42. The van der Waals surface area contributed by atoms with Gasteiger partial charge in [0.2, 0.25) is 0 Å². The molecule has 0 unspecified atom stereocenters. The van der Waals surface area contributed by atoms with Crippen LogP contribution in [0.4, 0.5) is 0 Å². The van der Waals surface area contributed by atoms with E-state index < -0.39 is 0 Å². The number of benzene rings is 1. The van der Waals surface area contributed by atoms with Gasteiger partial charge in [-0.2, -0.15) is 0 Å². The first kappa shape index (κ1) is 20.5. The minimum atomic E-state index is 0.636. The fraction of sp³-hybridized carbons (Fsp3) is 0.500. The second-order valence-corrected chi connectivity index (χ2v) is 8.76. The van der Waals surface area contributed by atoms with Gasteiger partial charge in [-0.1, -0.05) is 65.7 Å². The molecule has 1 aromatic carbocycles. The fourth-order valence-corrected chi connectivity index (χ4v) is 3.43. The molecule has 1 aromatic rings. The summed E-state index contributed by atoms with van der Waals surface area (Å²) < 4.78 is 7.70. The molecule has 0 aliphatic heterocycles. The number of aryl methyl sites for hydroxylation is 1. The van der Waals surface area contributed by atoms with E-state index in [1.807, 2.05) is 44.1 Å². The zero-order valence-corrected chi connectivity index (χ0v) is 17.6. The van der Waals surface area contributed by atoms with Crippen LogP contribution in [-0.2, 0) is 5.75 Å². The number of rotatable bonds is 6. The van der Waals surface area contributed by atoms with E-state index in [0.29, 0.717) is 6.61 Å². The van der Waals surface area contributed by atoms with Crippen molar-refractivity contribution in [2.45, 2.75) is 12.7 Å². The minimum Gasteiger partial charge on any atom is -0.492 e. The van der Waals surface area contributed by atoms with Crippen molar-refractivity contribution in [3.63, 3.8) is 0 Å². The van der Waals surface area contributed by atoms with E-state index in [1.54, 1.807) is 23.5 Å². The predicted molar refractivity (Wildman–Crippen MR) is 113 cm³/mol. The van der Waals surface area contributed by atoms with Crippen molar-refractivity contribution >= 4 is 56.6 Å². The van der Waals surface area contributed by atoms with Gasteiger partial charge in [0.25, 0.3) is 0 Å². The molecular weight excluding hydrogens is 364 g/mol. The van der Waals surface area contributed by atoms with E-state index in [2.05, 4.69) is 19.1 Å². The standard InChI is InChI=1S/C16H24N2OS4/c1-12-6-7-14(19-8-9-22-15(20)17(2)3)13(10-12)11-23-16(21)18(4)5/h6-7,10H,8-9,11H2,1-5H3. The minimum absolute atomic E-state index is 0.636. The summed E-state index contributed by atoms with van der Waals surface area (Å²) in [6, 6.07) is 6.28. The molecule has 0 spiro atoms. The molecule has 0 aliphatic rings. The number of hydrogen-bond donors (Lipinski definition) is 0. The summed E-state index contributed by atoms with van der Waals surface area (Å²) in [6.07, 6.45) is 0. The van der Waals surface area contributed by atoms with Crippen LogP contribution in [-0.4, -0.2) is 59.0 Å². The molecule has 0 amide bonds. The second kappa shape index (κ2) is 10.4. The van der Waals surface area contributed by atoms with Crippen molar-refractivity contribution in [1.29, 1.82) is 0 Å². The topological polar surface area (TPSA) is 15.7 Å². The fourth-order valence-electron chi connectivity index (χ4n) is 1.64. The molecule has 128 valence electrons. The first-order valence-electron chi connectivity index (χ1n) is 7.21. The molecule has 0 atom stereocenters. The molecule has 0 fully saturated rings. The molecule has 1 rings (SSSR count). The summed E-state index contributed by atoms with van der Waals surface area (Å²) in [7, 11) is 7.85. The number of nitrogens with zero attached hydrogens (tertiary/aromatic N) is 2. The summed E-state index contributed by atoms with van der Waals surface area (Å²) in [6.45, 7) is 2.73. The molecule has 23 heavy (non-hydrogen) atoms. The molecule has 3 nitrogen and oxygen atoms in total. The summed E-state index contributed by atoms with van der Waals surface area (Å²) >= 11 is 13.9. The highest BCUT2D eigenvalue weighted by atomic mass is 32.2. The predicted octanol–water partition coefficient (Wildman–Crippen LogP) is 4.03. The maximum atomic E-state index is 5.95. The normalized spacial score (nSPS) is 10.3. The Labute approximate surface area is 159 Å². The monoisotopic (exact) mass is 388 g/mol. The third-order valence-corrected chi connectivity index (χ3v) is 6.35. The van der Waals surface area contributed by atoms with Gasteiger partial charge in [0.1, 0.15) is 14.4 Å². The van der Waals surface area contributed by atoms with Crippen molar-refractivity contribution in [2.75, 3.05) is 40.6 Å². The van der Waals surface area contributed by atoms with Gasteiger partial charge in [0.15, 0.2) is 0 Å². The Balaban J connectivity index is 2.57. The van der Waals surface area contributed by atoms with E-state index in [0.717, 1.165) is 25.9 Å². The average molecular weight is 389 g/mol. The van der Waals surface area contributed by atoms with Gasteiger partial charge < -0.3 is 14.5 Å². The largest absolute Gasteiger partial charge is 0.492 e. The van der Waals surface area contributed by atoms with Crippen LogP contribution >= 0.6 is 48.0 Å². The Kier molecular flexibility index (Phi) is 9.27. The SMILES string of the molecule is Cc1ccc(OCCSC(=S)N(C)C)c(CSC(=S)N(C)C)c1. The Morgan fingerprint density at radius 2 is 1.65 bits per heavy atom. The first-order valence-corrected chi connectivity index (χ1v) is 10.0. The summed E-state index contributed by atoms with van der Waals surface area (Å²) in [5.74, 6) is 2.59. The first-order chi connectivity index (χ1) is 10.8. The van der Waals surface area contributed by atoms with Crippen LogP contribution in [0.25, 0.3) is 0 Å². The van der Waals surface area contributed by atoms with Crippen molar-refractivity contribution < 1.29 is 4.74 Å². The van der Waals surface area contributed by atoms with Gasteiger partial charge >= 0.3 is 0 Å². The summed E-state index contributed by atoms with van der Waals surface area (Å²) in [4.78, 5) is 3.89. The smallest absolute Gasteiger partial charge is 0.136 e. The summed E-state index contributed by atoms with van der Waals surface area (Å²) in [5, 5.41) is 0. The molecule has 0 aliphatic carbocycles. The highest BCUT2D eigenvalue weighted by Gasteiger charge is 2.08. The van der Waals surface area contributed by atoms with Crippen LogP contribution < -0.4 is 4.74 Å².